The van der Waals surface area contributed by atoms with Crippen LogP contribution in [0.5, 0.6) is 0 Å². The summed E-state index contributed by atoms with van der Waals surface area (Å²) < 4.78 is 19.1. The van der Waals surface area contributed by atoms with Crippen LogP contribution in [0.3, 0.4) is 0 Å². The van der Waals surface area contributed by atoms with Crippen LogP contribution in [0.15, 0.2) is 18.2 Å². The minimum atomic E-state index is -0.387. The first kappa shape index (κ1) is 15.4. The second kappa shape index (κ2) is 7.72. The van der Waals surface area contributed by atoms with Gasteiger partial charge in [-0.15, -0.1) is 0 Å². The third-order valence-corrected chi connectivity index (χ3v) is 2.99. The van der Waals surface area contributed by atoms with Crippen molar-refractivity contribution in [1.29, 1.82) is 0 Å². The van der Waals surface area contributed by atoms with Crippen molar-refractivity contribution in [2.45, 2.75) is 39.3 Å². The quantitative estimate of drug-likeness (QED) is 0.812. The summed E-state index contributed by atoms with van der Waals surface area (Å²) >= 11 is 6.01. The van der Waals surface area contributed by atoms with Gasteiger partial charge in [-0.2, -0.15) is 0 Å². The van der Waals surface area contributed by atoms with E-state index in [0.29, 0.717) is 6.61 Å². The molecular formula is C14H21ClFNO. The molecule has 0 aliphatic rings. The molecule has 0 saturated carbocycles. The van der Waals surface area contributed by atoms with Crippen molar-refractivity contribution < 1.29 is 9.13 Å². The average molecular weight is 274 g/mol. The van der Waals surface area contributed by atoms with E-state index in [0.717, 1.165) is 18.5 Å². The van der Waals surface area contributed by atoms with Gasteiger partial charge in [-0.05, 0) is 38.4 Å². The van der Waals surface area contributed by atoms with Crippen molar-refractivity contribution >= 4 is 11.6 Å². The van der Waals surface area contributed by atoms with Crippen LogP contribution >= 0.6 is 11.6 Å². The van der Waals surface area contributed by atoms with E-state index in [-0.39, 0.29) is 23.0 Å². The lowest BCUT2D eigenvalue weighted by atomic mass is 10.1. The molecule has 18 heavy (non-hydrogen) atoms. The van der Waals surface area contributed by atoms with Crippen LogP contribution in [0.25, 0.3) is 0 Å². The first-order chi connectivity index (χ1) is 8.56. The molecule has 1 aromatic carbocycles. The van der Waals surface area contributed by atoms with Gasteiger partial charge >= 0.3 is 0 Å². The maximum absolute atomic E-state index is 13.5. The van der Waals surface area contributed by atoms with E-state index in [2.05, 4.69) is 12.2 Å². The molecule has 0 aliphatic heterocycles. The highest BCUT2D eigenvalue weighted by Crippen LogP contribution is 2.26. The summed E-state index contributed by atoms with van der Waals surface area (Å²) in [6.45, 7) is 7.37. The van der Waals surface area contributed by atoms with Crippen LogP contribution in [0.4, 0.5) is 4.39 Å². The van der Waals surface area contributed by atoms with Crippen molar-refractivity contribution in [1.82, 2.24) is 5.32 Å². The van der Waals surface area contributed by atoms with Crippen LogP contribution in [0.2, 0.25) is 5.02 Å². The number of hydrogen-bond acceptors (Lipinski definition) is 2. The molecule has 1 unspecified atom stereocenters. The predicted molar refractivity (Wildman–Crippen MR) is 73.5 cm³/mol. The summed E-state index contributed by atoms with van der Waals surface area (Å²) in [5.74, 6) is -0.387. The summed E-state index contributed by atoms with van der Waals surface area (Å²) in [5.41, 5.74) is 0.755. The second-order valence-corrected chi connectivity index (χ2v) is 4.91. The van der Waals surface area contributed by atoms with E-state index in [1.807, 2.05) is 19.9 Å². The maximum atomic E-state index is 13.5. The monoisotopic (exact) mass is 273 g/mol. The van der Waals surface area contributed by atoms with E-state index < -0.39 is 0 Å². The molecule has 1 N–H and O–H groups in total. The molecule has 0 bridgehead atoms. The molecule has 0 aromatic heterocycles. The molecule has 0 saturated heterocycles. The van der Waals surface area contributed by atoms with Gasteiger partial charge in [0.25, 0.3) is 0 Å². The maximum Gasteiger partial charge on any atom is 0.142 e. The Morgan fingerprint density at radius 3 is 2.72 bits per heavy atom. The topological polar surface area (TPSA) is 21.3 Å². The minimum absolute atomic E-state index is 0.0736. The Balaban J connectivity index is 2.83. The highest BCUT2D eigenvalue weighted by atomic mass is 35.5. The molecule has 102 valence electrons. The van der Waals surface area contributed by atoms with Crippen LogP contribution < -0.4 is 5.32 Å². The highest BCUT2D eigenvalue weighted by Gasteiger charge is 2.17. The van der Waals surface area contributed by atoms with Gasteiger partial charge in [-0.25, -0.2) is 4.39 Å². The lowest BCUT2D eigenvalue weighted by Gasteiger charge is -2.21. The van der Waals surface area contributed by atoms with Crippen LogP contribution in [-0.4, -0.2) is 19.3 Å². The first-order valence-electron chi connectivity index (χ1n) is 6.35. The van der Waals surface area contributed by atoms with Crippen molar-refractivity contribution in [3.8, 4) is 0 Å². The Hall–Kier alpha value is -0.640. The van der Waals surface area contributed by atoms with E-state index in [9.17, 15) is 4.39 Å². The smallest absolute Gasteiger partial charge is 0.142 e. The largest absolute Gasteiger partial charge is 0.377 e. The average Bonchev–Trinajstić information content (AvgIpc) is 2.33. The van der Waals surface area contributed by atoms with Crippen molar-refractivity contribution in [2.75, 3.05) is 13.2 Å². The predicted octanol–water partition coefficient (Wildman–Crippen LogP) is 3.94. The number of benzene rings is 1. The standard InChI is InChI=1S/C14H21ClFNO/c1-4-8-17-13(9-18-10(2)3)11-6-5-7-12(16)14(11)15/h5-7,10,13,17H,4,8-9H2,1-3H3. The Morgan fingerprint density at radius 1 is 1.39 bits per heavy atom. The van der Waals surface area contributed by atoms with Crippen LogP contribution in [0, 0.1) is 5.82 Å². The summed E-state index contributed by atoms with van der Waals surface area (Å²) in [4.78, 5) is 0. The van der Waals surface area contributed by atoms with E-state index in [4.69, 9.17) is 16.3 Å². The molecule has 0 heterocycles. The molecule has 0 amide bonds. The number of ether oxygens (including phenoxy) is 1. The normalized spacial score (nSPS) is 13.0. The Labute approximate surface area is 113 Å². The first-order valence-corrected chi connectivity index (χ1v) is 6.73. The lowest BCUT2D eigenvalue weighted by Crippen LogP contribution is -2.28. The van der Waals surface area contributed by atoms with Gasteiger partial charge in [-0.1, -0.05) is 30.7 Å². The number of halogens is 2. The Kier molecular flexibility index (Phi) is 6.61. The Morgan fingerprint density at radius 2 is 2.11 bits per heavy atom. The fourth-order valence-corrected chi connectivity index (χ4v) is 1.91. The summed E-state index contributed by atoms with van der Waals surface area (Å²) in [5, 5.41) is 3.51. The summed E-state index contributed by atoms with van der Waals surface area (Å²) in [7, 11) is 0. The van der Waals surface area contributed by atoms with Gasteiger partial charge in [0.15, 0.2) is 0 Å². The molecule has 4 heteroatoms. The van der Waals surface area contributed by atoms with Gasteiger partial charge in [0.1, 0.15) is 5.82 Å². The highest BCUT2D eigenvalue weighted by molar-refractivity contribution is 6.31. The summed E-state index contributed by atoms with van der Waals surface area (Å²) in [6, 6.07) is 4.80. The molecular weight excluding hydrogens is 253 g/mol. The zero-order valence-corrected chi connectivity index (χ0v) is 11.9. The zero-order chi connectivity index (χ0) is 13.5. The van der Waals surface area contributed by atoms with Crippen molar-refractivity contribution in [2.24, 2.45) is 0 Å². The molecule has 0 radical (unpaired) electrons. The summed E-state index contributed by atoms with van der Waals surface area (Å²) in [6.07, 6.45) is 1.15. The molecule has 0 aliphatic carbocycles. The van der Waals surface area contributed by atoms with Gasteiger partial charge in [0.2, 0.25) is 0 Å². The van der Waals surface area contributed by atoms with Gasteiger partial charge < -0.3 is 10.1 Å². The van der Waals surface area contributed by atoms with E-state index in [1.54, 1.807) is 6.07 Å². The van der Waals surface area contributed by atoms with Gasteiger partial charge in [-0.3, -0.25) is 0 Å². The number of nitrogens with one attached hydrogen (secondary N) is 1. The second-order valence-electron chi connectivity index (χ2n) is 4.53. The third kappa shape index (κ3) is 4.56. The van der Waals surface area contributed by atoms with Crippen LogP contribution in [-0.2, 0) is 4.74 Å². The van der Waals surface area contributed by atoms with Crippen molar-refractivity contribution in [3.63, 3.8) is 0 Å². The van der Waals surface area contributed by atoms with Crippen molar-refractivity contribution in [3.05, 3.63) is 34.6 Å². The molecule has 1 atom stereocenters. The lowest BCUT2D eigenvalue weighted by molar-refractivity contribution is 0.0611. The molecule has 0 fully saturated rings. The minimum Gasteiger partial charge on any atom is -0.377 e. The zero-order valence-electron chi connectivity index (χ0n) is 11.2. The molecule has 2 nitrogen and oxygen atoms in total. The molecule has 1 aromatic rings. The Bertz CT molecular complexity index is 371. The molecule has 0 spiro atoms. The van der Waals surface area contributed by atoms with Crippen LogP contribution in [0.1, 0.15) is 38.8 Å². The third-order valence-electron chi connectivity index (χ3n) is 2.59. The van der Waals surface area contributed by atoms with Gasteiger partial charge in [0.05, 0.1) is 23.8 Å². The SMILES string of the molecule is CCCNC(COC(C)C)c1cccc(F)c1Cl. The molecule has 1 rings (SSSR count). The van der Waals surface area contributed by atoms with E-state index in [1.165, 1.54) is 6.07 Å². The van der Waals surface area contributed by atoms with Gasteiger partial charge in [0, 0.05) is 0 Å². The fourth-order valence-electron chi connectivity index (χ4n) is 1.66. The number of hydrogen-bond donors (Lipinski definition) is 1. The van der Waals surface area contributed by atoms with E-state index >= 15 is 0 Å². The number of rotatable bonds is 7. The fraction of sp³-hybridized carbons (Fsp3) is 0.571.